The summed E-state index contributed by atoms with van der Waals surface area (Å²) in [6, 6.07) is 17.7. The summed E-state index contributed by atoms with van der Waals surface area (Å²) in [5.74, 6) is 0. The third kappa shape index (κ3) is 1.81. The molecule has 2 unspecified atom stereocenters. The van der Waals surface area contributed by atoms with Crippen molar-refractivity contribution in [1.29, 1.82) is 0 Å². The van der Waals surface area contributed by atoms with Crippen LogP contribution in [-0.4, -0.2) is 0 Å². The van der Waals surface area contributed by atoms with Crippen LogP contribution < -0.4 is 0 Å². The summed E-state index contributed by atoms with van der Waals surface area (Å²) in [4.78, 5) is 0. The second-order valence-electron chi connectivity index (χ2n) is 5.89. The standard InChI is InChI=1S/C20H20O/c1-3-17-15-9-5-7-13-11-12-14-8-6-10-16(18(4-2)21-17)20(14)19(13)15/h5-12,17-18H,3-4H2,1-2H3. The zero-order valence-corrected chi connectivity index (χ0v) is 12.6. The summed E-state index contributed by atoms with van der Waals surface area (Å²) in [6.07, 6.45) is 2.41. The Morgan fingerprint density at radius 3 is 1.62 bits per heavy atom. The molecule has 1 nitrogen and oxygen atoms in total. The molecule has 0 N–H and O–H groups in total. The van der Waals surface area contributed by atoms with Crippen LogP contribution in [-0.2, 0) is 4.74 Å². The Kier molecular flexibility index (Phi) is 2.97. The van der Waals surface area contributed by atoms with Gasteiger partial charge in [-0.1, -0.05) is 62.4 Å². The predicted octanol–water partition coefficient (Wildman–Crippen LogP) is 5.93. The fraction of sp³-hybridized carbons (Fsp3) is 0.300. The van der Waals surface area contributed by atoms with Crippen LogP contribution in [0.15, 0.2) is 48.5 Å². The maximum atomic E-state index is 6.47. The molecule has 0 saturated heterocycles. The van der Waals surface area contributed by atoms with Crippen LogP contribution in [0.2, 0.25) is 0 Å². The molecule has 3 aromatic rings. The lowest BCUT2D eigenvalue weighted by molar-refractivity contribution is -0.0165. The van der Waals surface area contributed by atoms with Crippen LogP contribution in [0.4, 0.5) is 0 Å². The summed E-state index contributed by atoms with van der Waals surface area (Å²) in [6.45, 7) is 4.43. The fourth-order valence-electron chi connectivity index (χ4n) is 3.73. The number of benzene rings is 3. The fourth-order valence-corrected chi connectivity index (χ4v) is 3.73. The topological polar surface area (TPSA) is 9.23 Å². The third-order valence-electron chi connectivity index (χ3n) is 4.71. The molecule has 0 aromatic heterocycles. The first-order chi connectivity index (χ1) is 10.3. The first kappa shape index (κ1) is 12.8. The van der Waals surface area contributed by atoms with Crippen molar-refractivity contribution in [2.45, 2.75) is 38.9 Å². The molecule has 0 amide bonds. The van der Waals surface area contributed by atoms with E-state index in [4.69, 9.17) is 4.74 Å². The molecule has 0 spiro atoms. The van der Waals surface area contributed by atoms with Gasteiger partial charge in [-0.05, 0) is 45.5 Å². The average molecular weight is 276 g/mol. The van der Waals surface area contributed by atoms with E-state index in [1.54, 1.807) is 0 Å². The molecule has 0 radical (unpaired) electrons. The highest BCUT2D eigenvalue weighted by molar-refractivity contribution is 6.11. The summed E-state index contributed by atoms with van der Waals surface area (Å²) in [7, 11) is 0. The molecule has 1 aliphatic heterocycles. The van der Waals surface area contributed by atoms with Crippen molar-refractivity contribution in [1.82, 2.24) is 0 Å². The van der Waals surface area contributed by atoms with Gasteiger partial charge in [-0.15, -0.1) is 0 Å². The Balaban J connectivity index is 2.21. The molecule has 1 heterocycles. The molecule has 0 aliphatic carbocycles. The van der Waals surface area contributed by atoms with Crippen molar-refractivity contribution in [3.63, 3.8) is 0 Å². The van der Waals surface area contributed by atoms with Crippen LogP contribution in [0.25, 0.3) is 21.5 Å². The van der Waals surface area contributed by atoms with Gasteiger partial charge in [-0.25, -0.2) is 0 Å². The highest BCUT2D eigenvalue weighted by atomic mass is 16.5. The predicted molar refractivity (Wildman–Crippen MR) is 88.6 cm³/mol. The lowest BCUT2D eigenvalue weighted by Gasteiger charge is -2.22. The maximum Gasteiger partial charge on any atom is 0.0836 e. The number of ether oxygens (including phenoxy) is 1. The minimum Gasteiger partial charge on any atom is -0.366 e. The van der Waals surface area contributed by atoms with E-state index in [-0.39, 0.29) is 12.2 Å². The largest absolute Gasteiger partial charge is 0.366 e. The first-order valence-corrected chi connectivity index (χ1v) is 7.93. The monoisotopic (exact) mass is 276 g/mol. The molecule has 2 atom stereocenters. The van der Waals surface area contributed by atoms with E-state index in [1.165, 1.54) is 32.7 Å². The minimum absolute atomic E-state index is 0.191. The molecule has 1 aliphatic rings. The summed E-state index contributed by atoms with van der Waals surface area (Å²) < 4.78 is 6.47. The van der Waals surface area contributed by atoms with E-state index < -0.39 is 0 Å². The van der Waals surface area contributed by atoms with E-state index in [1.807, 2.05) is 0 Å². The van der Waals surface area contributed by atoms with E-state index in [0.29, 0.717) is 0 Å². The van der Waals surface area contributed by atoms with Gasteiger partial charge in [0.05, 0.1) is 12.2 Å². The summed E-state index contributed by atoms with van der Waals surface area (Å²) >= 11 is 0. The Labute approximate surface area is 125 Å². The highest BCUT2D eigenvalue weighted by Crippen LogP contribution is 2.44. The van der Waals surface area contributed by atoms with Crippen LogP contribution in [0.1, 0.15) is 50.0 Å². The molecule has 0 bridgehead atoms. The van der Waals surface area contributed by atoms with Gasteiger partial charge in [0.15, 0.2) is 0 Å². The highest BCUT2D eigenvalue weighted by Gasteiger charge is 2.25. The lowest BCUT2D eigenvalue weighted by Crippen LogP contribution is -2.07. The van der Waals surface area contributed by atoms with E-state index in [0.717, 1.165) is 12.8 Å². The van der Waals surface area contributed by atoms with Crippen LogP contribution in [0.5, 0.6) is 0 Å². The van der Waals surface area contributed by atoms with Gasteiger partial charge in [0.1, 0.15) is 0 Å². The van der Waals surface area contributed by atoms with Gasteiger partial charge in [0.25, 0.3) is 0 Å². The van der Waals surface area contributed by atoms with Crippen molar-refractivity contribution in [3.05, 3.63) is 59.7 Å². The average Bonchev–Trinajstić information content (AvgIpc) is 2.68. The summed E-state index contributed by atoms with van der Waals surface area (Å²) in [5.41, 5.74) is 2.70. The molecule has 21 heavy (non-hydrogen) atoms. The first-order valence-electron chi connectivity index (χ1n) is 7.93. The third-order valence-corrected chi connectivity index (χ3v) is 4.71. The molecule has 0 saturated carbocycles. The SMILES string of the molecule is CCC1OC(CC)c2cccc3ccc4cccc1c4c23. The number of rotatable bonds is 2. The van der Waals surface area contributed by atoms with Gasteiger partial charge in [-0.3, -0.25) is 0 Å². The van der Waals surface area contributed by atoms with E-state index in [9.17, 15) is 0 Å². The molecule has 3 aromatic carbocycles. The van der Waals surface area contributed by atoms with Gasteiger partial charge >= 0.3 is 0 Å². The second kappa shape index (κ2) is 4.85. The smallest absolute Gasteiger partial charge is 0.0836 e. The van der Waals surface area contributed by atoms with Crippen molar-refractivity contribution >= 4 is 21.5 Å². The Bertz CT molecular complexity index is 750. The van der Waals surface area contributed by atoms with Gasteiger partial charge in [-0.2, -0.15) is 0 Å². The molecular formula is C20H20O. The van der Waals surface area contributed by atoms with Gasteiger partial charge in [0.2, 0.25) is 0 Å². The number of hydrogen-bond donors (Lipinski definition) is 0. The Morgan fingerprint density at radius 2 is 1.19 bits per heavy atom. The van der Waals surface area contributed by atoms with Crippen LogP contribution in [0.3, 0.4) is 0 Å². The zero-order valence-electron chi connectivity index (χ0n) is 12.6. The normalized spacial score (nSPS) is 21.0. The van der Waals surface area contributed by atoms with Crippen molar-refractivity contribution in [2.24, 2.45) is 0 Å². The van der Waals surface area contributed by atoms with Crippen molar-refractivity contribution in [3.8, 4) is 0 Å². The summed E-state index contributed by atoms with van der Waals surface area (Å²) in [5, 5.41) is 5.44. The molecule has 1 heteroatoms. The molecule has 4 rings (SSSR count). The van der Waals surface area contributed by atoms with E-state index in [2.05, 4.69) is 62.4 Å². The Morgan fingerprint density at radius 1 is 0.714 bits per heavy atom. The molecular weight excluding hydrogens is 256 g/mol. The second-order valence-corrected chi connectivity index (χ2v) is 5.89. The lowest BCUT2D eigenvalue weighted by atomic mass is 9.91. The van der Waals surface area contributed by atoms with Gasteiger partial charge in [0, 0.05) is 0 Å². The van der Waals surface area contributed by atoms with Gasteiger partial charge < -0.3 is 4.74 Å². The Hall–Kier alpha value is -1.86. The maximum absolute atomic E-state index is 6.47. The molecule has 106 valence electrons. The van der Waals surface area contributed by atoms with Crippen LogP contribution in [0, 0.1) is 0 Å². The number of hydrogen-bond acceptors (Lipinski definition) is 1. The molecule has 0 fully saturated rings. The van der Waals surface area contributed by atoms with E-state index >= 15 is 0 Å². The van der Waals surface area contributed by atoms with Crippen LogP contribution >= 0.6 is 0 Å². The van der Waals surface area contributed by atoms with Crippen molar-refractivity contribution < 1.29 is 4.74 Å². The minimum atomic E-state index is 0.191. The zero-order chi connectivity index (χ0) is 14.4. The van der Waals surface area contributed by atoms with Crippen molar-refractivity contribution in [2.75, 3.05) is 0 Å². The quantitative estimate of drug-likeness (QED) is 0.527.